The van der Waals surface area contributed by atoms with E-state index in [9.17, 15) is 0 Å². The van der Waals surface area contributed by atoms with Crippen molar-refractivity contribution in [2.75, 3.05) is 13.2 Å². The topological polar surface area (TPSA) is 18.5 Å². The average Bonchev–Trinajstić information content (AvgIpc) is 2.41. The summed E-state index contributed by atoms with van der Waals surface area (Å²) in [5.74, 6) is 0.261. The Balaban J connectivity index is 2.74. The average molecular weight is 302 g/mol. The minimum atomic E-state index is 0.111. The highest BCUT2D eigenvalue weighted by molar-refractivity contribution is 5.77. The molecule has 1 rings (SSSR count). The zero-order valence-corrected chi connectivity index (χ0v) is 15.0. The fraction of sp³-hybridized carbons (Fsp3) is 0.500. The first-order valence-electron chi connectivity index (χ1n) is 7.82. The predicted molar refractivity (Wildman–Crippen MR) is 95.6 cm³/mol. The highest BCUT2D eigenvalue weighted by atomic mass is 17.2. The molecule has 0 heterocycles. The molecule has 0 aliphatic heterocycles. The Bertz CT molecular complexity index is 535. The lowest BCUT2D eigenvalue weighted by atomic mass is 9.91. The molecule has 0 radical (unpaired) electrons. The first-order valence-corrected chi connectivity index (χ1v) is 7.82. The van der Waals surface area contributed by atoms with Gasteiger partial charge in [0.2, 0.25) is 0 Å². The Labute approximate surface area is 135 Å². The van der Waals surface area contributed by atoms with Gasteiger partial charge in [-0.05, 0) is 36.0 Å². The lowest BCUT2D eigenvalue weighted by Crippen LogP contribution is -2.16. The molecule has 1 atom stereocenters. The van der Waals surface area contributed by atoms with E-state index < -0.39 is 0 Å². The summed E-state index contributed by atoms with van der Waals surface area (Å²) in [6, 6.07) is 6.44. The Morgan fingerprint density at radius 2 is 1.64 bits per heavy atom. The van der Waals surface area contributed by atoms with Crippen molar-refractivity contribution in [1.29, 1.82) is 0 Å². The van der Waals surface area contributed by atoms with Crippen LogP contribution in [0.2, 0.25) is 0 Å². The van der Waals surface area contributed by atoms with E-state index >= 15 is 0 Å². The number of allylic oxidation sites excluding steroid dienone is 2. The molecule has 0 N–H and O–H groups in total. The highest BCUT2D eigenvalue weighted by Crippen LogP contribution is 2.28. The van der Waals surface area contributed by atoms with Crippen molar-refractivity contribution in [2.24, 2.45) is 5.41 Å². The summed E-state index contributed by atoms with van der Waals surface area (Å²) in [5, 5.41) is 0. The van der Waals surface area contributed by atoms with Crippen LogP contribution in [0.1, 0.15) is 64.2 Å². The van der Waals surface area contributed by atoms with E-state index in [1.165, 1.54) is 5.56 Å². The fourth-order valence-electron chi connectivity index (χ4n) is 2.06. The van der Waals surface area contributed by atoms with Gasteiger partial charge in [-0.1, -0.05) is 70.2 Å². The minimum Gasteiger partial charge on any atom is -0.236 e. The molecule has 0 fully saturated rings. The highest BCUT2D eigenvalue weighted by Gasteiger charge is 2.13. The molecule has 0 aliphatic carbocycles. The van der Waals surface area contributed by atoms with E-state index in [0.29, 0.717) is 13.2 Å². The number of hydrogen-bond acceptors (Lipinski definition) is 2. The summed E-state index contributed by atoms with van der Waals surface area (Å²) in [5.41, 5.74) is 5.77. The molecule has 0 aliphatic rings. The zero-order valence-electron chi connectivity index (χ0n) is 15.0. The van der Waals surface area contributed by atoms with Crippen LogP contribution in [0.4, 0.5) is 0 Å². The van der Waals surface area contributed by atoms with Gasteiger partial charge < -0.3 is 0 Å². The molecular formula is C20H30O2. The molecular weight excluding hydrogens is 272 g/mol. The molecule has 0 saturated carbocycles. The second kappa shape index (κ2) is 7.75. The monoisotopic (exact) mass is 302 g/mol. The maximum absolute atomic E-state index is 5.36. The Morgan fingerprint density at radius 3 is 2.14 bits per heavy atom. The van der Waals surface area contributed by atoms with E-state index in [1.54, 1.807) is 0 Å². The molecule has 2 heteroatoms. The van der Waals surface area contributed by atoms with E-state index in [1.807, 2.05) is 13.8 Å². The molecule has 1 aromatic carbocycles. The summed E-state index contributed by atoms with van der Waals surface area (Å²) >= 11 is 0. The van der Waals surface area contributed by atoms with Gasteiger partial charge in [0.05, 0.1) is 13.2 Å². The van der Waals surface area contributed by atoms with Gasteiger partial charge in [-0.3, -0.25) is 0 Å². The maximum Gasteiger partial charge on any atom is 0.0888 e. The van der Waals surface area contributed by atoms with Gasteiger partial charge in [-0.25, -0.2) is 9.78 Å². The van der Waals surface area contributed by atoms with E-state index in [0.717, 1.165) is 22.3 Å². The molecule has 1 aromatic rings. The first-order chi connectivity index (χ1) is 10.1. The standard InChI is InChI=1S/C20H30O2/c1-14(2)18-10-9-17(11-19(18)15(3)4)16(5)12-21-22-13-20(6,7)8/h9-11,16H,1,3,12-13H2,2,4-8H3. The summed E-state index contributed by atoms with van der Waals surface area (Å²) in [6.45, 7) is 21.8. The molecule has 1 unspecified atom stereocenters. The van der Waals surface area contributed by atoms with E-state index in [4.69, 9.17) is 9.78 Å². The Hall–Kier alpha value is -1.38. The SMILES string of the molecule is C=C(C)c1ccc(C(C)COOCC(C)(C)C)cc1C(=C)C. The van der Waals surface area contributed by atoms with Crippen LogP contribution in [0.15, 0.2) is 31.4 Å². The maximum atomic E-state index is 5.36. The van der Waals surface area contributed by atoms with Gasteiger partial charge in [0, 0.05) is 5.92 Å². The van der Waals surface area contributed by atoms with Crippen LogP contribution in [0, 0.1) is 5.41 Å². The van der Waals surface area contributed by atoms with Crippen molar-refractivity contribution in [3.8, 4) is 0 Å². The fourth-order valence-corrected chi connectivity index (χ4v) is 2.06. The van der Waals surface area contributed by atoms with Crippen molar-refractivity contribution in [3.05, 3.63) is 48.0 Å². The third-order valence-electron chi connectivity index (χ3n) is 3.43. The van der Waals surface area contributed by atoms with Crippen LogP contribution >= 0.6 is 0 Å². The lowest BCUT2D eigenvalue weighted by molar-refractivity contribution is -0.308. The second-order valence-corrected chi connectivity index (χ2v) is 7.37. The van der Waals surface area contributed by atoms with Crippen LogP contribution < -0.4 is 0 Å². The molecule has 22 heavy (non-hydrogen) atoms. The van der Waals surface area contributed by atoms with Gasteiger partial charge in [0.15, 0.2) is 0 Å². The van der Waals surface area contributed by atoms with Gasteiger partial charge in [-0.2, -0.15) is 0 Å². The largest absolute Gasteiger partial charge is 0.236 e. The first kappa shape index (κ1) is 18.7. The third-order valence-corrected chi connectivity index (χ3v) is 3.43. The van der Waals surface area contributed by atoms with Gasteiger partial charge in [0.1, 0.15) is 0 Å². The quantitative estimate of drug-likeness (QED) is 0.357. The van der Waals surface area contributed by atoms with Crippen LogP contribution in [-0.4, -0.2) is 13.2 Å². The number of hydrogen-bond donors (Lipinski definition) is 0. The Morgan fingerprint density at radius 1 is 1.05 bits per heavy atom. The molecule has 0 amide bonds. The van der Waals surface area contributed by atoms with Gasteiger partial charge in [-0.15, -0.1) is 0 Å². The van der Waals surface area contributed by atoms with Crippen LogP contribution in [0.25, 0.3) is 11.1 Å². The lowest BCUT2D eigenvalue weighted by Gasteiger charge is -2.19. The van der Waals surface area contributed by atoms with E-state index in [-0.39, 0.29) is 11.3 Å². The number of rotatable bonds is 7. The summed E-state index contributed by atoms with van der Waals surface area (Å²) in [4.78, 5) is 10.7. The van der Waals surface area contributed by atoms with E-state index in [2.05, 4.69) is 59.1 Å². The second-order valence-electron chi connectivity index (χ2n) is 7.37. The van der Waals surface area contributed by atoms with Crippen molar-refractivity contribution in [3.63, 3.8) is 0 Å². The summed E-state index contributed by atoms with van der Waals surface area (Å²) in [6.07, 6.45) is 0. The molecule has 2 nitrogen and oxygen atoms in total. The van der Waals surface area contributed by atoms with Crippen molar-refractivity contribution in [2.45, 2.75) is 47.5 Å². The van der Waals surface area contributed by atoms with Crippen LogP contribution in [0.5, 0.6) is 0 Å². The summed E-state index contributed by atoms with van der Waals surface area (Å²) in [7, 11) is 0. The normalized spacial score (nSPS) is 13.0. The van der Waals surface area contributed by atoms with Crippen LogP contribution in [0.3, 0.4) is 0 Å². The third kappa shape index (κ3) is 5.78. The zero-order chi connectivity index (χ0) is 16.9. The molecule has 0 spiro atoms. The van der Waals surface area contributed by atoms with Crippen LogP contribution in [-0.2, 0) is 9.78 Å². The molecule has 0 bridgehead atoms. The van der Waals surface area contributed by atoms with Gasteiger partial charge in [0.25, 0.3) is 0 Å². The number of benzene rings is 1. The minimum absolute atomic E-state index is 0.111. The van der Waals surface area contributed by atoms with Crippen molar-refractivity contribution >= 4 is 11.1 Å². The smallest absolute Gasteiger partial charge is 0.0888 e. The van der Waals surface area contributed by atoms with Crippen molar-refractivity contribution < 1.29 is 9.78 Å². The predicted octanol–water partition coefficient (Wildman–Crippen LogP) is 5.85. The molecule has 0 aromatic heterocycles. The van der Waals surface area contributed by atoms with Crippen molar-refractivity contribution in [1.82, 2.24) is 0 Å². The van der Waals surface area contributed by atoms with Gasteiger partial charge >= 0.3 is 0 Å². The Kier molecular flexibility index (Phi) is 6.58. The summed E-state index contributed by atoms with van der Waals surface area (Å²) < 4.78 is 0. The molecule has 0 saturated heterocycles. The molecule has 122 valence electrons.